The van der Waals surface area contributed by atoms with Gasteiger partial charge in [-0.05, 0) is 6.07 Å². The Morgan fingerprint density at radius 2 is 2.14 bits per heavy atom. The maximum Gasteiger partial charge on any atom is 0.352 e. The number of hydrogen-bond donors (Lipinski definition) is 4. The molecule has 190 valence electrons. The van der Waals surface area contributed by atoms with Crippen LogP contribution in [0.2, 0.25) is 0 Å². The van der Waals surface area contributed by atoms with Gasteiger partial charge in [-0.1, -0.05) is 23.4 Å². The summed E-state index contributed by atoms with van der Waals surface area (Å²) in [7, 11) is 1.27. The minimum absolute atomic E-state index is 0.0649. The summed E-state index contributed by atoms with van der Waals surface area (Å²) in [5.74, 6) is -2.12. The number of aromatic nitrogens is 2. The van der Waals surface area contributed by atoms with Crippen molar-refractivity contribution in [2.45, 2.75) is 18.0 Å². The number of aromatic hydroxyl groups is 1. The molecule has 5 rings (SSSR count). The number of carboxylic acid groups (broad SMARTS) is 1. The number of β-lactam (4-membered cyclic amide) rings is 1. The average molecular weight is 542 g/mol. The van der Waals surface area contributed by atoms with E-state index in [0.717, 1.165) is 16.7 Å². The van der Waals surface area contributed by atoms with E-state index in [1.54, 1.807) is 16.8 Å². The lowest BCUT2D eigenvalue weighted by molar-refractivity contribution is -0.688. The summed E-state index contributed by atoms with van der Waals surface area (Å²) < 4.78 is 1.69. The molecular weight excluding hydrogens is 520 g/mol. The Balaban J connectivity index is 1.38. The number of rotatable bonds is 7. The third kappa shape index (κ3) is 4.44. The number of anilines is 1. The van der Waals surface area contributed by atoms with Gasteiger partial charge >= 0.3 is 5.97 Å². The zero-order valence-electron chi connectivity index (χ0n) is 19.3. The highest BCUT2D eigenvalue weighted by Crippen LogP contribution is 2.40. The Labute approximate surface area is 218 Å². The molecule has 5 N–H and O–H groups in total. The number of amides is 2. The molecule has 3 aromatic rings. The van der Waals surface area contributed by atoms with Crippen molar-refractivity contribution in [3.05, 3.63) is 59.0 Å². The zero-order valence-corrected chi connectivity index (χ0v) is 21.0. The Bertz CT molecular complexity index is 1500. The first kappa shape index (κ1) is 24.5. The Hall–Kier alpha value is -4.17. The number of carboxylic acids is 1. The molecule has 2 aliphatic rings. The Kier molecular flexibility index (Phi) is 6.43. The molecule has 1 fully saturated rings. The molecule has 0 saturated carbocycles. The van der Waals surface area contributed by atoms with Crippen molar-refractivity contribution < 1.29 is 34.0 Å². The molecule has 1 saturated heterocycles. The predicted molar refractivity (Wildman–Crippen MR) is 136 cm³/mol. The van der Waals surface area contributed by atoms with Crippen LogP contribution >= 0.6 is 23.1 Å². The van der Waals surface area contributed by atoms with Crippen molar-refractivity contribution in [1.82, 2.24) is 15.2 Å². The lowest BCUT2D eigenvalue weighted by Crippen LogP contribution is -2.71. The number of thioether (sulfide) groups is 1. The number of nitrogens with zero attached hydrogens (tertiary/aromatic N) is 4. The maximum atomic E-state index is 13.0. The van der Waals surface area contributed by atoms with Crippen LogP contribution in [-0.2, 0) is 25.8 Å². The second kappa shape index (κ2) is 9.71. The number of carbonyl (C=O) groups excluding carboxylic acids is 2. The first-order valence-electron chi connectivity index (χ1n) is 10.9. The number of aliphatic carboxylic acids is 1. The van der Waals surface area contributed by atoms with E-state index < -0.39 is 29.2 Å². The van der Waals surface area contributed by atoms with Crippen LogP contribution in [0.15, 0.2) is 58.5 Å². The molecule has 1 aromatic carbocycles. The van der Waals surface area contributed by atoms with Crippen LogP contribution in [0.1, 0.15) is 5.69 Å². The van der Waals surface area contributed by atoms with Gasteiger partial charge in [0.25, 0.3) is 11.8 Å². The van der Waals surface area contributed by atoms with Gasteiger partial charge in [-0.3, -0.25) is 14.5 Å². The summed E-state index contributed by atoms with van der Waals surface area (Å²) in [5.41, 5.74) is 6.08. The molecule has 4 heterocycles. The maximum absolute atomic E-state index is 13.0. The fraction of sp³-hybridized carbons (Fsp3) is 0.217. The molecule has 0 spiro atoms. The van der Waals surface area contributed by atoms with Gasteiger partial charge in [0.2, 0.25) is 6.20 Å². The van der Waals surface area contributed by atoms with Crippen molar-refractivity contribution in [3.8, 4) is 5.75 Å². The van der Waals surface area contributed by atoms with E-state index in [0.29, 0.717) is 16.7 Å². The van der Waals surface area contributed by atoms with Crippen LogP contribution in [0.25, 0.3) is 10.8 Å². The largest absolute Gasteiger partial charge is 0.502 e. The normalized spacial score (nSPS) is 19.4. The SMILES string of the molecule is CON=C(C(=O)NC1C(=O)N2C(C(=O)O)=C(C[n+]3cc(O)c4ccccc4c3)CS[C@@H]12)c1csc(N)n1. The van der Waals surface area contributed by atoms with Gasteiger partial charge in [0.05, 0.1) is 0 Å². The van der Waals surface area contributed by atoms with Crippen molar-refractivity contribution in [3.63, 3.8) is 0 Å². The van der Waals surface area contributed by atoms with E-state index in [2.05, 4.69) is 15.5 Å². The number of hydrogen-bond acceptors (Lipinski definition) is 10. The van der Waals surface area contributed by atoms with Crippen LogP contribution in [-0.4, -0.2) is 67.9 Å². The summed E-state index contributed by atoms with van der Waals surface area (Å²) in [4.78, 5) is 48.1. The van der Waals surface area contributed by atoms with Crippen LogP contribution < -0.4 is 15.6 Å². The van der Waals surface area contributed by atoms with Crippen molar-refractivity contribution in [2.24, 2.45) is 5.16 Å². The molecule has 0 aliphatic carbocycles. The second-order valence-electron chi connectivity index (χ2n) is 8.21. The number of thiazole rings is 1. The quantitative estimate of drug-likeness (QED) is 0.145. The summed E-state index contributed by atoms with van der Waals surface area (Å²) in [5, 5.41) is 29.3. The Morgan fingerprint density at radius 1 is 1.35 bits per heavy atom. The number of oxime groups is 1. The smallest absolute Gasteiger partial charge is 0.352 e. The minimum atomic E-state index is -1.25. The number of fused-ring (bicyclic) bond motifs is 2. The molecule has 12 nitrogen and oxygen atoms in total. The Morgan fingerprint density at radius 3 is 2.84 bits per heavy atom. The molecule has 1 unspecified atom stereocenters. The number of nitrogen functional groups attached to an aromatic ring is 1. The number of nitrogens with two attached hydrogens (primary N) is 1. The number of nitrogens with one attached hydrogen (secondary N) is 1. The topological polar surface area (TPSA) is 171 Å². The highest BCUT2D eigenvalue weighted by Gasteiger charge is 2.54. The molecule has 14 heteroatoms. The van der Waals surface area contributed by atoms with Gasteiger partial charge in [0.1, 0.15) is 29.9 Å². The van der Waals surface area contributed by atoms with E-state index in [4.69, 9.17) is 10.6 Å². The predicted octanol–water partition coefficient (Wildman–Crippen LogP) is 0.661. The van der Waals surface area contributed by atoms with Crippen molar-refractivity contribution in [2.75, 3.05) is 18.6 Å². The van der Waals surface area contributed by atoms with E-state index in [9.17, 15) is 24.6 Å². The fourth-order valence-corrected chi connectivity index (χ4v) is 6.19. The average Bonchev–Trinajstić information content (AvgIpc) is 3.31. The molecule has 37 heavy (non-hydrogen) atoms. The van der Waals surface area contributed by atoms with Gasteiger partial charge in [0, 0.05) is 27.5 Å². The lowest BCUT2D eigenvalue weighted by Gasteiger charge is -2.49. The number of carbonyl (C=O) groups is 3. The van der Waals surface area contributed by atoms with Gasteiger partial charge in [-0.25, -0.2) is 9.78 Å². The van der Waals surface area contributed by atoms with Crippen LogP contribution in [0, 0.1) is 0 Å². The molecule has 0 bridgehead atoms. The molecule has 2 aromatic heterocycles. The van der Waals surface area contributed by atoms with Crippen LogP contribution in [0.5, 0.6) is 5.75 Å². The third-order valence-electron chi connectivity index (χ3n) is 5.90. The van der Waals surface area contributed by atoms with E-state index in [1.807, 2.05) is 18.2 Å². The molecule has 2 atom stereocenters. The van der Waals surface area contributed by atoms with E-state index in [-0.39, 0.29) is 34.5 Å². The van der Waals surface area contributed by atoms with Gasteiger partial charge in [0.15, 0.2) is 29.3 Å². The zero-order chi connectivity index (χ0) is 26.3. The van der Waals surface area contributed by atoms with Gasteiger partial charge in [-0.2, -0.15) is 4.57 Å². The third-order valence-corrected chi connectivity index (χ3v) is 7.92. The van der Waals surface area contributed by atoms with E-state index >= 15 is 0 Å². The number of benzene rings is 1. The highest BCUT2D eigenvalue weighted by atomic mass is 32.2. The lowest BCUT2D eigenvalue weighted by atomic mass is 10.0. The van der Waals surface area contributed by atoms with Crippen LogP contribution in [0.3, 0.4) is 0 Å². The summed E-state index contributed by atoms with van der Waals surface area (Å²) in [6, 6.07) is 6.34. The fourth-order valence-electron chi connectivity index (χ4n) is 4.30. The standard InChI is InChI=1S/C23H20N6O6S2/c1-35-27-16(14-10-37-23(24)25-14)19(31)26-17-20(32)29-18(22(33)34)12(9-36-21(17)29)7-28-6-11-4-2-3-5-13(11)15(30)8-28/h2-6,8,10,17,21H,7,9H2,1H3,(H4-,24,25,26,30,31,33,34)/p+1/t17?,21-/m0/s1. The molecular formula is C23H21N6O6S2+. The molecule has 2 amide bonds. The van der Waals surface area contributed by atoms with Crippen molar-refractivity contribution >= 4 is 62.5 Å². The van der Waals surface area contributed by atoms with Gasteiger partial charge in [-0.15, -0.1) is 23.1 Å². The second-order valence-corrected chi connectivity index (χ2v) is 10.2. The first-order valence-corrected chi connectivity index (χ1v) is 12.9. The number of pyridine rings is 1. The van der Waals surface area contributed by atoms with Gasteiger partial charge < -0.3 is 26.1 Å². The molecule has 2 aliphatic heterocycles. The highest BCUT2D eigenvalue weighted by molar-refractivity contribution is 8.00. The van der Waals surface area contributed by atoms with Crippen molar-refractivity contribution in [1.29, 1.82) is 0 Å². The summed E-state index contributed by atoms with van der Waals surface area (Å²) >= 11 is 2.46. The summed E-state index contributed by atoms with van der Waals surface area (Å²) in [6.07, 6.45) is 3.33. The first-order chi connectivity index (χ1) is 17.8. The van der Waals surface area contributed by atoms with Crippen LogP contribution in [0.4, 0.5) is 5.13 Å². The monoisotopic (exact) mass is 541 g/mol. The van der Waals surface area contributed by atoms with E-state index in [1.165, 1.54) is 35.3 Å². The summed E-state index contributed by atoms with van der Waals surface area (Å²) in [6.45, 7) is 0.163. The minimum Gasteiger partial charge on any atom is -0.502 e. The molecule has 0 radical (unpaired) electrons.